The number of thiazole rings is 1. The summed E-state index contributed by atoms with van der Waals surface area (Å²) in [4.78, 5) is 27.1. The number of hydrogen-bond acceptors (Lipinski definition) is 6. The molecule has 138 valence electrons. The Hall–Kier alpha value is -3.26. The first-order chi connectivity index (χ1) is 13.0. The quantitative estimate of drug-likeness (QED) is 0.489. The van der Waals surface area contributed by atoms with Gasteiger partial charge in [0, 0.05) is 17.1 Å². The molecule has 0 unspecified atom stereocenters. The third kappa shape index (κ3) is 5.11. The Labute approximate surface area is 159 Å². The van der Waals surface area contributed by atoms with E-state index < -0.39 is 4.92 Å². The fraction of sp³-hybridized carbons (Fsp3) is 0.158. The fourth-order valence-electron chi connectivity index (χ4n) is 2.40. The lowest BCUT2D eigenvalue weighted by atomic mass is 10.2. The fourth-order valence-corrected chi connectivity index (χ4v) is 3.18. The van der Waals surface area contributed by atoms with Crippen LogP contribution in [0.5, 0.6) is 5.75 Å². The number of benzene rings is 2. The van der Waals surface area contributed by atoms with E-state index in [0.29, 0.717) is 10.7 Å². The molecule has 0 radical (unpaired) electrons. The average Bonchev–Trinajstić information content (AvgIpc) is 3.07. The highest BCUT2D eigenvalue weighted by Crippen LogP contribution is 2.28. The van der Waals surface area contributed by atoms with E-state index in [0.717, 1.165) is 11.3 Å². The zero-order valence-electron chi connectivity index (χ0n) is 14.5. The number of nitro benzene ring substituents is 1. The molecule has 1 N–H and O–H groups in total. The summed E-state index contributed by atoms with van der Waals surface area (Å²) in [5.74, 6) is 0.0497. The summed E-state index contributed by atoms with van der Waals surface area (Å²) in [5.41, 5.74) is 2.14. The number of amides is 1. The molecule has 0 saturated carbocycles. The van der Waals surface area contributed by atoms with Gasteiger partial charge in [0.25, 0.3) is 0 Å². The molecule has 0 bridgehead atoms. The monoisotopic (exact) mass is 383 g/mol. The van der Waals surface area contributed by atoms with Gasteiger partial charge in [0.1, 0.15) is 11.6 Å². The van der Waals surface area contributed by atoms with E-state index in [9.17, 15) is 14.9 Å². The molecule has 0 fully saturated rings. The largest absolute Gasteiger partial charge is 0.480 e. The molecular formula is C19H17N3O4S. The third-order valence-electron chi connectivity index (χ3n) is 3.66. The first-order valence-corrected chi connectivity index (χ1v) is 9.05. The summed E-state index contributed by atoms with van der Waals surface area (Å²) in [5, 5.41) is 16.3. The Morgan fingerprint density at radius 1 is 1.26 bits per heavy atom. The van der Waals surface area contributed by atoms with Gasteiger partial charge in [-0.15, -0.1) is 11.3 Å². The van der Waals surface area contributed by atoms with Crippen molar-refractivity contribution in [2.45, 2.75) is 20.0 Å². The molecule has 0 saturated heterocycles. The number of para-hydroxylation sites is 1. The Morgan fingerprint density at radius 2 is 2.04 bits per heavy atom. The topological polar surface area (TPSA) is 94.4 Å². The summed E-state index contributed by atoms with van der Waals surface area (Å²) in [6, 6.07) is 13.9. The molecule has 0 atom stereocenters. The molecule has 1 aromatic heterocycles. The molecule has 7 nitrogen and oxygen atoms in total. The van der Waals surface area contributed by atoms with Crippen molar-refractivity contribution >= 4 is 28.6 Å². The second-order valence-electron chi connectivity index (χ2n) is 5.84. The maximum atomic E-state index is 12.1. The second kappa shape index (κ2) is 8.41. The van der Waals surface area contributed by atoms with Crippen LogP contribution < -0.4 is 10.1 Å². The number of aryl methyl sites for hydroxylation is 1. The van der Waals surface area contributed by atoms with Gasteiger partial charge < -0.3 is 10.1 Å². The van der Waals surface area contributed by atoms with Crippen molar-refractivity contribution in [3.63, 3.8) is 0 Å². The van der Waals surface area contributed by atoms with Gasteiger partial charge >= 0.3 is 5.69 Å². The van der Waals surface area contributed by atoms with E-state index in [4.69, 9.17) is 4.74 Å². The molecule has 0 aliphatic carbocycles. The maximum absolute atomic E-state index is 12.1. The predicted octanol–water partition coefficient (Wildman–Crippen LogP) is 4.12. The number of nitro groups is 1. The van der Waals surface area contributed by atoms with Crippen LogP contribution in [0, 0.1) is 17.0 Å². The number of nitrogens with one attached hydrogen (secondary N) is 1. The van der Waals surface area contributed by atoms with Gasteiger partial charge in [-0.05, 0) is 30.7 Å². The smallest absolute Gasteiger partial charge is 0.310 e. The minimum absolute atomic E-state index is 0.0849. The molecular weight excluding hydrogens is 366 g/mol. The molecule has 0 aliphatic heterocycles. The van der Waals surface area contributed by atoms with Crippen LogP contribution in [0.15, 0.2) is 53.9 Å². The maximum Gasteiger partial charge on any atom is 0.310 e. The molecule has 1 heterocycles. The van der Waals surface area contributed by atoms with Gasteiger partial charge in [-0.25, -0.2) is 4.98 Å². The van der Waals surface area contributed by atoms with E-state index in [1.165, 1.54) is 17.4 Å². The van der Waals surface area contributed by atoms with Crippen molar-refractivity contribution < 1.29 is 14.5 Å². The Morgan fingerprint density at radius 3 is 2.78 bits per heavy atom. The van der Waals surface area contributed by atoms with E-state index in [2.05, 4.69) is 10.3 Å². The van der Waals surface area contributed by atoms with Crippen molar-refractivity contribution in [2.75, 3.05) is 5.32 Å². The molecule has 1 amide bonds. The molecule has 0 spiro atoms. The summed E-state index contributed by atoms with van der Waals surface area (Å²) in [7, 11) is 0. The normalized spacial score (nSPS) is 10.4. The van der Waals surface area contributed by atoms with Gasteiger partial charge in [0.2, 0.25) is 5.91 Å². The first kappa shape index (κ1) is 18.5. The lowest BCUT2D eigenvalue weighted by Gasteiger charge is -2.06. The van der Waals surface area contributed by atoms with Crippen molar-refractivity contribution in [3.8, 4) is 5.75 Å². The van der Waals surface area contributed by atoms with Gasteiger partial charge in [-0.3, -0.25) is 14.9 Å². The highest BCUT2D eigenvalue weighted by molar-refractivity contribution is 7.09. The van der Waals surface area contributed by atoms with Crippen molar-refractivity contribution in [2.24, 2.45) is 0 Å². The number of ether oxygens (including phenoxy) is 1. The van der Waals surface area contributed by atoms with Crippen LogP contribution >= 0.6 is 11.3 Å². The standard InChI is InChI=1S/C19H17N3O4S/c1-13-7-8-16(22(24)25)17(9-13)26-11-15-12-27-19(21-15)10-18(23)20-14-5-3-2-4-6-14/h2-9,12H,10-11H2,1H3,(H,20,23). The van der Waals surface area contributed by atoms with Crippen LogP contribution in [-0.4, -0.2) is 15.8 Å². The molecule has 27 heavy (non-hydrogen) atoms. The lowest BCUT2D eigenvalue weighted by Crippen LogP contribution is -2.14. The van der Waals surface area contributed by atoms with Gasteiger partial charge in [0.15, 0.2) is 5.75 Å². The molecule has 3 rings (SSSR count). The zero-order valence-corrected chi connectivity index (χ0v) is 15.4. The average molecular weight is 383 g/mol. The Bertz CT molecular complexity index is 957. The highest BCUT2D eigenvalue weighted by atomic mass is 32.1. The molecule has 8 heteroatoms. The Balaban J connectivity index is 1.59. The van der Waals surface area contributed by atoms with E-state index >= 15 is 0 Å². The first-order valence-electron chi connectivity index (χ1n) is 8.17. The van der Waals surface area contributed by atoms with E-state index in [1.54, 1.807) is 17.5 Å². The second-order valence-corrected chi connectivity index (χ2v) is 6.78. The number of hydrogen-bond donors (Lipinski definition) is 1. The van der Waals surface area contributed by atoms with Crippen LogP contribution in [0.3, 0.4) is 0 Å². The summed E-state index contributed by atoms with van der Waals surface area (Å²) >= 11 is 1.35. The number of aromatic nitrogens is 1. The van der Waals surface area contributed by atoms with E-state index in [1.807, 2.05) is 37.3 Å². The van der Waals surface area contributed by atoms with Crippen molar-refractivity contribution in [1.82, 2.24) is 4.98 Å². The van der Waals surface area contributed by atoms with Crippen LogP contribution in [0.1, 0.15) is 16.3 Å². The van der Waals surface area contributed by atoms with Crippen molar-refractivity contribution in [3.05, 3.63) is 80.3 Å². The number of anilines is 1. The number of carbonyl (C=O) groups excluding carboxylic acids is 1. The SMILES string of the molecule is Cc1ccc([N+](=O)[O-])c(OCc2csc(CC(=O)Nc3ccccc3)n2)c1. The molecule has 0 aliphatic rings. The van der Waals surface area contributed by atoms with Gasteiger partial charge in [-0.1, -0.05) is 24.3 Å². The predicted molar refractivity (Wildman–Crippen MR) is 103 cm³/mol. The summed E-state index contributed by atoms with van der Waals surface area (Å²) < 4.78 is 5.58. The van der Waals surface area contributed by atoms with Gasteiger partial charge in [0.05, 0.1) is 17.0 Å². The minimum atomic E-state index is -0.477. The number of nitrogens with zero attached hydrogens (tertiary/aromatic N) is 2. The lowest BCUT2D eigenvalue weighted by molar-refractivity contribution is -0.386. The van der Waals surface area contributed by atoms with Crippen molar-refractivity contribution in [1.29, 1.82) is 0 Å². The van der Waals surface area contributed by atoms with Crippen LogP contribution in [-0.2, 0) is 17.8 Å². The number of carbonyl (C=O) groups is 1. The highest BCUT2D eigenvalue weighted by Gasteiger charge is 2.16. The van der Waals surface area contributed by atoms with Crippen LogP contribution in [0.2, 0.25) is 0 Å². The van der Waals surface area contributed by atoms with Gasteiger partial charge in [-0.2, -0.15) is 0 Å². The zero-order chi connectivity index (χ0) is 19.2. The molecule has 2 aromatic carbocycles. The summed E-state index contributed by atoms with van der Waals surface area (Å²) in [6.07, 6.45) is 0.157. The van der Waals surface area contributed by atoms with E-state index in [-0.39, 0.29) is 30.4 Å². The number of rotatable bonds is 7. The third-order valence-corrected chi connectivity index (χ3v) is 4.55. The Kier molecular flexibility index (Phi) is 5.77. The summed E-state index contributed by atoms with van der Waals surface area (Å²) in [6.45, 7) is 1.93. The minimum Gasteiger partial charge on any atom is -0.480 e. The van der Waals surface area contributed by atoms with Crippen LogP contribution in [0.25, 0.3) is 0 Å². The van der Waals surface area contributed by atoms with Crippen LogP contribution in [0.4, 0.5) is 11.4 Å². The molecule has 3 aromatic rings.